The summed E-state index contributed by atoms with van der Waals surface area (Å²) in [5, 5.41) is 35.4. The predicted octanol–water partition coefficient (Wildman–Crippen LogP) is 1.83. The average Bonchev–Trinajstić information content (AvgIpc) is 3.14. The van der Waals surface area contributed by atoms with E-state index < -0.39 is 77.1 Å². The highest BCUT2D eigenvalue weighted by Gasteiger charge is 2.86. The lowest BCUT2D eigenvalue weighted by molar-refractivity contribution is -0.346. The molecule has 3 aliphatic rings. The zero-order chi connectivity index (χ0) is 29.8. The van der Waals surface area contributed by atoms with Gasteiger partial charge in [0, 0.05) is 19.3 Å². The molecule has 2 aliphatic carbocycles. The number of ether oxygens (including phenoxy) is 4. The Morgan fingerprint density at radius 2 is 1.63 bits per heavy atom. The van der Waals surface area contributed by atoms with Gasteiger partial charge in [0.15, 0.2) is 0 Å². The van der Waals surface area contributed by atoms with Crippen molar-refractivity contribution in [1.82, 2.24) is 4.98 Å². The second kappa shape index (κ2) is 10.2. The maximum absolute atomic E-state index is 13.4. The smallest absolute Gasteiger partial charge is 0.340 e. The van der Waals surface area contributed by atoms with Crippen LogP contribution in [0.25, 0.3) is 0 Å². The average molecular weight is 570 g/mol. The zero-order valence-corrected chi connectivity index (χ0v) is 23.4. The summed E-state index contributed by atoms with van der Waals surface area (Å²) in [5.41, 5.74) is -6.66. The Bertz CT molecular complexity index is 1320. The van der Waals surface area contributed by atoms with Crippen molar-refractivity contribution >= 4 is 17.9 Å². The quantitative estimate of drug-likeness (QED) is 0.344. The number of benzene rings is 1. The first kappa shape index (κ1) is 29.1. The summed E-state index contributed by atoms with van der Waals surface area (Å²) in [5.74, 6) is -3.27. The summed E-state index contributed by atoms with van der Waals surface area (Å²) in [6.07, 6.45) is -2.82. The Kier molecular flexibility index (Phi) is 7.22. The number of rotatable bonds is 6. The van der Waals surface area contributed by atoms with Gasteiger partial charge in [0.25, 0.3) is 0 Å². The lowest BCUT2D eigenvalue weighted by atomic mass is 9.46. The maximum Gasteiger partial charge on any atom is 0.340 e. The van der Waals surface area contributed by atoms with Crippen LogP contribution in [0.4, 0.5) is 0 Å². The van der Waals surface area contributed by atoms with Crippen LogP contribution >= 0.6 is 0 Å². The number of aliphatic hydroxyl groups excluding tert-OH is 2. The molecule has 8 atom stereocenters. The maximum atomic E-state index is 13.4. The number of hydrogen-bond acceptors (Lipinski definition) is 11. The Balaban J connectivity index is 1.72. The monoisotopic (exact) mass is 569 g/mol. The van der Waals surface area contributed by atoms with Gasteiger partial charge in [-0.25, -0.2) is 9.59 Å². The molecule has 1 aromatic heterocycles. The van der Waals surface area contributed by atoms with Gasteiger partial charge in [0.05, 0.1) is 34.9 Å². The molecular formula is C30H35NO10. The van der Waals surface area contributed by atoms with Gasteiger partial charge in [-0.15, -0.1) is 0 Å². The van der Waals surface area contributed by atoms with E-state index in [1.807, 2.05) is 0 Å². The van der Waals surface area contributed by atoms with Crippen LogP contribution in [0.15, 0.2) is 54.9 Å². The molecule has 41 heavy (non-hydrogen) atoms. The molecule has 2 bridgehead atoms. The number of carbonyl (C=O) groups is 3. The zero-order valence-electron chi connectivity index (χ0n) is 23.4. The molecule has 5 rings (SSSR count). The van der Waals surface area contributed by atoms with Crippen LogP contribution in [0, 0.1) is 11.3 Å². The Morgan fingerprint density at radius 1 is 0.976 bits per heavy atom. The normalized spacial score (nSPS) is 37.0. The molecule has 1 aliphatic heterocycles. The molecule has 1 saturated heterocycles. The second-order valence-electron chi connectivity index (χ2n) is 11.8. The minimum Gasteiger partial charge on any atom is -0.459 e. The number of fused-ring (bicyclic) bond motifs is 1. The molecule has 2 aromatic rings. The van der Waals surface area contributed by atoms with Gasteiger partial charge < -0.3 is 34.3 Å². The van der Waals surface area contributed by atoms with Gasteiger partial charge >= 0.3 is 17.9 Å². The number of aliphatic hydroxyl groups is 3. The van der Waals surface area contributed by atoms with E-state index in [1.54, 1.807) is 38.1 Å². The van der Waals surface area contributed by atoms with Crippen LogP contribution < -0.4 is 0 Å². The molecule has 3 N–H and O–H groups in total. The Hall–Kier alpha value is -3.38. The van der Waals surface area contributed by atoms with Gasteiger partial charge in [-0.3, -0.25) is 9.78 Å². The van der Waals surface area contributed by atoms with Crippen molar-refractivity contribution in [2.75, 3.05) is 6.61 Å². The summed E-state index contributed by atoms with van der Waals surface area (Å²) >= 11 is 0. The number of nitrogens with zero attached hydrogens (tertiary/aromatic N) is 1. The molecule has 1 spiro atoms. The fourth-order valence-corrected chi connectivity index (χ4v) is 7.43. The van der Waals surface area contributed by atoms with Gasteiger partial charge in [0.2, 0.25) is 0 Å². The molecular weight excluding hydrogens is 534 g/mol. The van der Waals surface area contributed by atoms with Crippen LogP contribution in [-0.2, 0) is 23.7 Å². The van der Waals surface area contributed by atoms with Crippen molar-refractivity contribution in [2.45, 2.75) is 81.8 Å². The van der Waals surface area contributed by atoms with Crippen molar-refractivity contribution in [3.8, 4) is 0 Å². The summed E-state index contributed by atoms with van der Waals surface area (Å²) in [4.78, 5) is 43.2. The minimum absolute atomic E-state index is 0.00860. The van der Waals surface area contributed by atoms with Gasteiger partial charge in [-0.2, -0.15) is 0 Å². The van der Waals surface area contributed by atoms with Gasteiger partial charge in [-0.1, -0.05) is 18.2 Å². The second-order valence-corrected chi connectivity index (χ2v) is 11.8. The third kappa shape index (κ3) is 4.25. The van der Waals surface area contributed by atoms with Crippen molar-refractivity contribution in [2.24, 2.45) is 11.3 Å². The first-order valence-corrected chi connectivity index (χ1v) is 13.6. The van der Waals surface area contributed by atoms with E-state index >= 15 is 0 Å². The number of pyridine rings is 1. The first-order valence-electron chi connectivity index (χ1n) is 13.6. The van der Waals surface area contributed by atoms with Crippen molar-refractivity contribution in [1.29, 1.82) is 0 Å². The van der Waals surface area contributed by atoms with E-state index in [2.05, 4.69) is 4.98 Å². The van der Waals surface area contributed by atoms with Gasteiger partial charge in [-0.05, 0) is 57.9 Å². The molecule has 220 valence electrons. The first-order chi connectivity index (χ1) is 19.3. The van der Waals surface area contributed by atoms with E-state index in [-0.39, 0.29) is 24.0 Å². The van der Waals surface area contributed by atoms with Crippen LogP contribution in [0.2, 0.25) is 0 Å². The van der Waals surface area contributed by atoms with E-state index in [0.29, 0.717) is 0 Å². The van der Waals surface area contributed by atoms with E-state index in [1.165, 1.54) is 44.4 Å². The molecule has 1 aromatic carbocycles. The minimum atomic E-state index is -1.97. The SMILES string of the molecule is CC(=O)O[C@@H]1[C@H]2[C@@H](O)[C@@H](OC(=O)c3ccccc3)[C@]3(CO)[C@@H](OC(=O)c4cccnc4)CC[C@](C)(O)[C@@]13OC2(C)C. The van der Waals surface area contributed by atoms with Crippen LogP contribution in [0.5, 0.6) is 0 Å². The lowest BCUT2D eigenvalue weighted by Crippen LogP contribution is -2.83. The van der Waals surface area contributed by atoms with Crippen molar-refractivity contribution in [3.05, 3.63) is 66.0 Å². The molecule has 11 heteroatoms. The van der Waals surface area contributed by atoms with Crippen molar-refractivity contribution in [3.63, 3.8) is 0 Å². The van der Waals surface area contributed by atoms with Crippen LogP contribution in [0.1, 0.15) is 61.3 Å². The third-order valence-corrected chi connectivity index (χ3v) is 9.04. The highest BCUT2D eigenvalue weighted by atomic mass is 16.6. The number of carbonyl (C=O) groups excluding carboxylic acids is 3. The highest BCUT2D eigenvalue weighted by molar-refractivity contribution is 5.90. The van der Waals surface area contributed by atoms with E-state index in [4.69, 9.17) is 18.9 Å². The molecule has 11 nitrogen and oxygen atoms in total. The van der Waals surface area contributed by atoms with E-state index in [9.17, 15) is 29.7 Å². The summed E-state index contributed by atoms with van der Waals surface area (Å²) in [6, 6.07) is 11.2. The fraction of sp³-hybridized carbons (Fsp3) is 0.533. The topological polar surface area (TPSA) is 162 Å². The summed E-state index contributed by atoms with van der Waals surface area (Å²) in [6.45, 7) is 5.14. The number of hydrogen-bond donors (Lipinski definition) is 3. The Morgan fingerprint density at radius 3 is 2.24 bits per heavy atom. The molecule has 2 saturated carbocycles. The summed E-state index contributed by atoms with van der Waals surface area (Å²) < 4.78 is 24.4. The highest BCUT2D eigenvalue weighted by Crippen LogP contribution is 2.68. The number of aromatic nitrogens is 1. The van der Waals surface area contributed by atoms with E-state index in [0.717, 1.165) is 0 Å². The van der Waals surface area contributed by atoms with Crippen LogP contribution in [-0.4, -0.2) is 86.0 Å². The molecule has 2 heterocycles. The molecule has 0 amide bonds. The molecule has 3 fully saturated rings. The summed E-state index contributed by atoms with van der Waals surface area (Å²) in [7, 11) is 0. The van der Waals surface area contributed by atoms with Crippen molar-refractivity contribution < 1.29 is 48.7 Å². The third-order valence-electron chi connectivity index (χ3n) is 9.04. The largest absolute Gasteiger partial charge is 0.459 e. The molecule has 0 unspecified atom stereocenters. The Labute approximate surface area is 237 Å². The van der Waals surface area contributed by atoms with Crippen LogP contribution in [0.3, 0.4) is 0 Å². The molecule has 0 radical (unpaired) electrons. The van der Waals surface area contributed by atoms with Gasteiger partial charge in [0.1, 0.15) is 35.4 Å². The predicted molar refractivity (Wildman–Crippen MR) is 141 cm³/mol. The lowest BCUT2D eigenvalue weighted by Gasteiger charge is -2.65. The standard InChI is InChI=1S/C30H35NO10/c1-17(33)38-23-21-22(34)24(40-25(35)18-9-6-5-7-10-18)29(16-32)20(39-26(36)19-11-8-14-31-15-19)12-13-28(4,37)30(23,29)41-27(21,2)3/h5-11,14-15,20-24,32,34,37H,12-13,16H2,1-4H3/t20-,21+,22+,23+,24+,28-,29-,30-/m0/s1. The fourth-order valence-electron chi connectivity index (χ4n) is 7.43. The number of esters is 3.